The van der Waals surface area contributed by atoms with Crippen LogP contribution in [-0.4, -0.2) is 15.5 Å². The molecule has 0 bridgehead atoms. The third kappa shape index (κ3) is 3.79. The second-order valence-corrected chi connectivity index (χ2v) is 7.17. The molecule has 0 radical (unpaired) electrons. The molecule has 1 aromatic rings. The maximum absolute atomic E-state index is 8.84. The lowest BCUT2D eigenvalue weighted by Gasteiger charge is -2.29. The molecule has 1 N–H and O–H groups in total. The van der Waals surface area contributed by atoms with E-state index in [4.69, 9.17) is 63.1 Å². The Morgan fingerprint density at radius 2 is 1.59 bits per heavy atom. The van der Waals surface area contributed by atoms with E-state index < -0.39 is 8.13 Å². The van der Waals surface area contributed by atoms with Gasteiger partial charge in [-0.05, 0) is 24.0 Å². The molecule has 1 rings (SSSR count). The third-order valence-electron chi connectivity index (χ3n) is 2.32. The highest BCUT2D eigenvalue weighted by atomic mass is 35.6. The predicted octanol–water partition coefficient (Wildman–Crippen LogP) is 4.61. The third-order valence-corrected chi connectivity index (χ3v) is 4.72. The number of aliphatic hydroxyl groups excluding tert-OH is 1. The zero-order valence-electron chi connectivity index (χ0n) is 8.77. The first-order valence-electron chi connectivity index (χ1n) is 4.94. The van der Waals surface area contributed by atoms with Gasteiger partial charge < -0.3 is 5.11 Å². The molecule has 6 heteroatoms. The van der Waals surface area contributed by atoms with E-state index >= 15 is 0 Å². The molecular weight excluding hydrogens is 325 g/mol. The Kier molecular flexibility index (Phi) is 5.71. The molecule has 0 fully saturated rings. The Labute approximate surface area is 126 Å². The highest BCUT2D eigenvalue weighted by Crippen LogP contribution is 2.53. The number of halogens is 5. The Morgan fingerprint density at radius 1 is 1.00 bits per heavy atom. The van der Waals surface area contributed by atoms with E-state index in [1.165, 1.54) is 0 Å². The number of hydrogen-bond acceptors (Lipinski definition) is 1. The lowest BCUT2D eigenvalue weighted by Crippen LogP contribution is -2.29. The van der Waals surface area contributed by atoms with Gasteiger partial charge in [0, 0.05) is 6.61 Å². The van der Waals surface area contributed by atoms with Gasteiger partial charge in [0.2, 0.25) is 3.79 Å². The Hall–Kier alpha value is 0.630. The van der Waals surface area contributed by atoms with Crippen molar-refractivity contribution in [3.05, 3.63) is 35.4 Å². The van der Waals surface area contributed by atoms with E-state index in [1.54, 1.807) is 12.1 Å². The van der Waals surface area contributed by atoms with Gasteiger partial charge in [-0.1, -0.05) is 82.3 Å². The van der Waals surface area contributed by atoms with Crippen LogP contribution in [0.3, 0.4) is 0 Å². The van der Waals surface area contributed by atoms with Gasteiger partial charge in [-0.3, -0.25) is 0 Å². The summed E-state index contributed by atoms with van der Waals surface area (Å²) >= 11 is 29.6. The van der Waals surface area contributed by atoms with E-state index in [0.717, 1.165) is 5.56 Å². The predicted molar refractivity (Wildman–Crippen MR) is 75.5 cm³/mol. The molecule has 1 aromatic carbocycles. The molecule has 0 aromatic heterocycles. The van der Waals surface area contributed by atoms with Crippen molar-refractivity contribution in [3.63, 3.8) is 0 Å². The van der Waals surface area contributed by atoms with Crippen molar-refractivity contribution in [2.24, 2.45) is 0 Å². The molecule has 0 atom stereocenters. The SMILES string of the molecule is OCCCc1ccccc1C(Cl)(Cl)C(Cl)(Cl)Cl. The maximum atomic E-state index is 8.84. The summed E-state index contributed by atoms with van der Waals surface area (Å²) in [6, 6.07) is 7.18. The molecule has 96 valence electrons. The van der Waals surface area contributed by atoms with Gasteiger partial charge in [0.05, 0.1) is 0 Å². The number of alkyl halides is 5. The fraction of sp³-hybridized carbons (Fsp3) is 0.455. The normalized spacial score (nSPS) is 12.8. The van der Waals surface area contributed by atoms with Crippen molar-refractivity contribution < 1.29 is 5.11 Å². The van der Waals surface area contributed by atoms with Crippen LogP contribution in [0.5, 0.6) is 0 Å². The van der Waals surface area contributed by atoms with Crippen molar-refractivity contribution in [2.45, 2.75) is 21.0 Å². The zero-order chi connectivity index (χ0) is 13.1. The summed E-state index contributed by atoms with van der Waals surface area (Å²) in [5, 5.41) is 8.84. The van der Waals surface area contributed by atoms with Gasteiger partial charge in [-0.2, -0.15) is 0 Å². The van der Waals surface area contributed by atoms with Gasteiger partial charge in [0.25, 0.3) is 0 Å². The largest absolute Gasteiger partial charge is 0.396 e. The van der Waals surface area contributed by atoms with Crippen molar-refractivity contribution in [2.75, 3.05) is 6.61 Å². The summed E-state index contributed by atoms with van der Waals surface area (Å²) in [6.45, 7) is 0.0830. The monoisotopic (exact) mass is 334 g/mol. The fourth-order valence-corrected chi connectivity index (χ4v) is 2.14. The lowest BCUT2D eigenvalue weighted by molar-refractivity contribution is 0.288. The molecule has 1 nitrogen and oxygen atoms in total. The molecule has 0 aliphatic rings. The molecule has 0 amide bonds. The molecule has 0 aliphatic heterocycles. The first-order chi connectivity index (χ1) is 7.80. The van der Waals surface area contributed by atoms with Crippen LogP contribution in [0.15, 0.2) is 24.3 Å². The lowest BCUT2D eigenvalue weighted by atomic mass is 10.0. The average molecular weight is 336 g/mol. The van der Waals surface area contributed by atoms with Gasteiger partial charge in [-0.25, -0.2) is 0 Å². The van der Waals surface area contributed by atoms with Gasteiger partial charge >= 0.3 is 0 Å². The molecular formula is C11H11Cl5O. The summed E-state index contributed by atoms with van der Waals surface area (Å²) in [6.07, 6.45) is 1.22. The van der Waals surface area contributed by atoms with Crippen LogP contribution >= 0.6 is 58.0 Å². The van der Waals surface area contributed by atoms with E-state index in [9.17, 15) is 0 Å². The van der Waals surface area contributed by atoms with E-state index in [-0.39, 0.29) is 6.61 Å². The summed E-state index contributed by atoms with van der Waals surface area (Å²) in [4.78, 5) is 0. The number of hydrogen-bond donors (Lipinski definition) is 1. The van der Waals surface area contributed by atoms with Crippen molar-refractivity contribution >= 4 is 58.0 Å². The first-order valence-corrected chi connectivity index (χ1v) is 6.83. The van der Waals surface area contributed by atoms with Crippen LogP contribution in [-0.2, 0) is 10.8 Å². The Morgan fingerprint density at radius 3 is 2.12 bits per heavy atom. The number of rotatable bonds is 4. The van der Waals surface area contributed by atoms with Crippen LogP contribution < -0.4 is 0 Å². The fourth-order valence-electron chi connectivity index (χ4n) is 1.47. The molecule has 0 heterocycles. The van der Waals surface area contributed by atoms with Crippen LogP contribution in [0, 0.1) is 0 Å². The quantitative estimate of drug-likeness (QED) is 0.796. The van der Waals surface area contributed by atoms with Gasteiger partial charge in [0.1, 0.15) is 0 Å². The van der Waals surface area contributed by atoms with Gasteiger partial charge in [-0.15, -0.1) is 0 Å². The Bertz CT molecular complexity index is 372. The minimum atomic E-state index is -1.83. The second kappa shape index (κ2) is 6.18. The van der Waals surface area contributed by atoms with E-state index in [2.05, 4.69) is 0 Å². The summed E-state index contributed by atoms with van der Waals surface area (Å²) in [5.41, 5.74) is 1.41. The molecule has 0 saturated heterocycles. The molecule has 0 aliphatic carbocycles. The number of aryl methyl sites for hydroxylation is 1. The smallest absolute Gasteiger partial charge is 0.227 e. The van der Waals surface area contributed by atoms with E-state index in [0.29, 0.717) is 18.4 Å². The van der Waals surface area contributed by atoms with Gasteiger partial charge in [0.15, 0.2) is 4.33 Å². The van der Waals surface area contributed by atoms with Crippen molar-refractivity contribution in [3.8, 4) is 0 Å². The number of benzene rings is 1. The molecule has 0 unspecified atom stereocenters. The van der Waals surface area contributed by atoms with Crippen LogP contribution in [0.1, 0.15) is 17.5 Å². The zero-order valence-corrected chi connectivity index (χ0v) is 12.5. The second-order valence-electron chi connectivity index (χ2n) is 3.56. The highest BCUT2D eigenvalue weighted by molar-refractivity contribution is 6.75. The first kappa shape index (κ1) is 15.7. The van der Waals surface area contributed by atoms with Crippen LogP contribution in [0.2, 0.25) is 0 Å². The summed E-state index contributed by atoms with van der Waals surface area (Å²) in [7, 11) is 0. The average Bonchev–Trinajstić information content (AvgIpc) is 2.25. The van der Waals surface area contributed by atoms with Crippen molar-refractivity contribution in [1.82, 2.24) is 0 Å². The van der Waals surface area contributed by atoms with Crippen LogP contribution in [0.25, 0.3) is 0 Å². The minimum absolute atomic E-state index is 0.0830. The van der Waals surface area contributed by atoms with E-state index in [1.807, 2.05) is 12.1 Å². The summed E-state index contributed by atoms with van der Waals surface area (Å²) < 4.78 is -3.45. The van der Waals surface area contributed by atoms with Crippen LogP contribution in [0.4, 0.5) is 0 Å². The minimum Gasteiger partial charge on any atom is -0.396 e. The highest BCUT2D eigenvalue weighted by Gasteiger charge is 2.48. The Balaban J connectivity index is 3.12. The topological polar surface area (TPSA) is 20.2 Å². The maximum Gasteiger partial charge on any atom is 0.227 e. The molecule has 0 saturated carbocycles. The summed E-state index contributed by atoms with van der Waals surface area (Å²) in [5.74, 6) is 0. The standard InChI is InChI=1S/C11H11Cl5O/c12-10(13,11(14,15)16)9-6-2-1-4-8(9)5-3-7-17/h1-2,4,6,17H,3,5,7H2. The molecule has 17 heavy (non-hydrogen) atoms. The number of aliphatic hydroxyl groups is 1. The van der Waals surface area contributed by atoms with Crippen molar-refractivity contribution in [1.29, 1.82) is 0 Å². The molecule has 0 spiro atoms.